The maximum Gasteiger partial charge on any atom is 0.271 e. The Hall–Kier alpha value is -2.44. The fourth-order valence-corrected chi connectivity index (χ4v) is 4.03. The lowest BCUT2D eigenvalue weighted by Gasteiger charge is -2.11. The number of amides is 1. The van der Waals surface area contributed by atoms with E-state index in [2.05, 4.69) is 42.4 Å². The number of carbonyl (C=O) groups is 1. The van der Waals surface area contributed by atoms with Crippen molar-refractivity contribution in [1.29, 1.82) is 0 Å². The zero-order valence-corrected chi connectivity index (χ0v) is 18.3. The average molecular weight is 502 g/mol. The summed E-state index contributed by atoms with van der Waals surface area (Å²) in [6.07, 6.45) is 1.59. The van der Waals surface area contributed by atoms with Crippen molar-refractivity contribution in [2.45, 2.75) is 13.5 Å². The predicted octanol–water partition coefficient (Wildman–Crippen LogP) is 5.86. The first kappa shape index (κ1) is 20.3. The molecule has 1 N–H and O–H groups in total. The number of ether oxygens (including phenoxy) is 1. The highest BCUT2D eigenvalue weighted by atomic mass is 79.9. The highest BCUT2D eigenvalue weighted by Gasteiger charge is 2.10. The van der Waals surface area contributed by atoms with Crippen molar-refractivity contribution >= 4 is 44.0 Å². The molecule has 0 aliphatic rings. The van der Waals surface area contributed by atoms with E-state index in [1.165, 1.54) is 0 Å². The number of hydrazone groups is 1. The van der Waals surface area contributed by atoms with E-state index in [9.17, 15) is 4.79 Å². The van der Waals surface area contributed by atoms with Gasteiger partial charge in [-0.15, -0.1) is 0 Å². The van der Waals surface area contributed by atoms with E-state index in [0.29, 0.717) is 17.9 Å². The van der Waals surface area contributed by atoms with Gasteiger partial charge in [-0.05, 0) is 73.7 Å². The van der Waals surface area contributed by atoms with Crippen LogP contribution in [-0.4, -0.2) is 12.1 Å². The molecule has 0 radical (unpaired) electrons. The summed E-state index contributed by atoms with van der Waals surface area (Å²) in [7, 11) is 0. The summed E-state index contributed by atoms with van der Waals surface area (Å²) >= 11 is 7.07. The number of nitrogens with one attached hydrogen (secondary N) is 1. The molecular weight excluding hydrogens is 484 g/mol. The molecule has 0 atom stereocenters. The third-order valence-corrected chi connectivity index (χ3v) is 5.19. The molecule has 0 saturated carbocycles. The molecular formula is C22H18Br2N2O2. The van der Waals surface area contributed by atoms with Gasteiger partial charge in [-0.25, -0.2) is 5.43 Å². The first-order valence-electron chi connectivity index (χ1n) is 8.59. The lowest BCUT2D eigenvalue weighted by Crippen LogP contribution is -2.18. The topological polar surface area (TPSA) is 50.7 Å². The summed E-state index contributed by atoms with van der Waals surface area (Å²) in [5, 5.41) is 4.06. The molecule has 6 heteroatoms. The molecule has 0 heterocycles. The van der Waals surface area contributed by atoms with Crippen LogP contribution in [0.4, 0.5) is 0 Å². The Morgan fingerprint density at radius 3 is 2.36 bits per heavy atom. The molecule has 0 aromatic heterocycles. The van der Waals surface area contributed by atoms with E-state index in [4.69, 9.17) is 4.74 Å². The molecule has 4 nitrogen and oxygen atoms in total. The van der Waals surface area contributed by atoms with Crippen LogP contribution in [0.5, 0.6) is 5.75 Å². The van der Waals surface area contributed by atoms with Crippen LogP contribution in [0.2, 0.25) is 0 Å². The van der Waals surface area contributed by atoms with Gasteiger partial charge in [-0.2, -0.15) is 5.10 Å². The number of carbonyl (C=O) groups excluding carboxylic acids is 1. The lowest BCUT2D eigenvalue weighted by atomic mass is 10.1. The predicted molar refractivity (Wildman–Crippen MR) is 119 cm³/mol. The zero-order valence-electron chi connectivity index (χ0n) is 15.2. The number of benzene rings is 3. The minimum absolute atomic E-state index is 0.240. The summed E-state index contributed by atoms with van der Waals surface area (Å²) in [5.41, 5.74) is 5.97. The van der Waals surface area contributed by atoms with Crippen molar-refractivity contribution in [3.63, 3.8) is 0 Å². The quantitative estimate of drug-likeness (QED) is 0.339. The third-order valence-electron chi connectivity index (χ3n) is 4.02. The van der Waals surface area contributed by atoms with Crippen LogP contribution in [0.3, 0.4) is 0 Å². The second kappa shape index (κ2) is 9.66. The molecule has 3 rings (SSSR count). The summed E-state index contributed by atoms with van der Waals surface area (Å²) in [4.78, 5) is 12.2. The Labute approximate surface area is 180 Å². The van der Waals surface area contributed by atoms with Crippen LogP contribution in [-0.2, 0) is 6.61 Å². The van der Waals surface area contributed by atoms with Crippen molar-refractivity contribution in [3.05, 3.63) is 97.9 Å². The standard InChI is InChI=1S/C22H18Br2N2O2/c1-15-7-5-6-10-18(15)22(27)26-25-13-17-11-19(23)21(20(24)12-17)28-14-16-8-3-2-4-9-16/h2-13H,14H2,1H3,(H,26,27)/b25-13-. The lowest BCUT2D eigenvalue weighted by molar-refractivity contribution is 0.0954. The zero-order chi connectivity index (χ0) is 19.9. The molecule has 28 heavy (non-hydrogen) atoms. The van der Waals surface area contributed by atoms with Crippen LogP contribution < -0.4 is 10.2 Å². The van der Waals surface area contributed by atoms with E-state index in [1.54, 1.807) is 12.3 Å². The smallest absolute Gasteiger partial charge is 0.271 e. The summed E-state index contributed by atoms with van der Waals surface area (Å²) in [6, 6.07) is 21.1. The van der Waals surface area contributed by atoms with Crippen molar-refractivity contribution in [2.24, 2.45) is 5.10 Å². The highest BCUT2D eigenvalue weighted by Crippen LogP contribution is 2.35. The number of rotatable bonds is 6. The SMILES string of the molecule is Cc1ccccc1C(=O)N/N=C\c1cc(Br)c(OCc2ccccc2)c(Br)c1. The molecule has 0 spiro atoms. The van der Waals surface area contributed by atoms with E-state index in [0.717, 1.165) is 25.6 Å². The minimum Gasteiger partial charge on any atom is -0.487 e. The van der Waals surface area contributed by atoms with Gasteiger partial charge in [-0.3, -0.25) is 4.79 Å². The monoisotopic (exact) mass is 500 g/mol. The minimum atomic E-state index is -0.240. The molecule has 3 aromatic carbocycles. The van der Waals surface area contributed by atoms with E-state index in [-0.39, 0.29) is 5.91 Å². The van der Waals surface area contributed by atoms with E-state index in [1.807, 2.05) is 67.6 Å². The molecule has 0 aliphatic heterocycles. The normalized spacial score (nSPS) is 10.8. The fourth-order valence-electron chi connectivity index (χ4n) is 2.57. The number of halogens is 2. The first-order valence-corrected chi connectivity index (χ1v) is 10.2. The second-order valence-electron chi connectivity index (χ2n) is 6.10. The van der Waals surface area contributed by atoms with Gasteiger partial charge in [-0.1, -0.05) is 48.5 Å². The summed E-state index contributed by atoms with van der Waals surface area (Å²) in [5.74, 6) is 0.472. The van der Waals surface area contributed by atoms with Crippen molar-refractivity contribution < 1.29 is 9.53 Å². The second-order valence-corrected chi connectivity index (χ2v) is 7.81. The van der Waals surface area contributed by atoms with Crippen LogP contribution in [0.15, 0.2) is 80.8 Å². The molecule has 0 saturated heterocycles. The highest BCUT2D eigenvalue weighted by molar-refractivity contribution is 9.11. The van der Waals surface area contributed by atoms with Gasteiger partial charge in [0.1, 0.15) is 12.4 Å². The molecule has 0 aliphatic carbocycles. The first-order chi connectivity index (χ1) is 13.5. The molecule has 3 aromatic rings. The van der Waals surface area contributed by atoms with Crippen molar-refractivity contribution in [3.8, 4) is 5.75 Å². The largest absolute Gasteiger partial charge is 0.487 e. The van der Waals surface area contributed by atoms with Gasteiger partial charge >= 0.3 is 0 Å². The molecule has 0 fully saturated rings. The van der Waals surface area contributed by atoms with E-state index < -0.39 is 0 Å². The number of aryl methyl sites for hydroxylation is 1. The van der Waals surface area contributed by atoms with Gasteiger partial charge in [0.2, 0.25) is 0 Å². The number of hydrogen-bond acceptors (Lipinski definition) is 3. The molecule has 0 unspecified atom stereocenters. The number of nitrogens with zero attached hydrogens (tertiary/aromatic N) is 1. The Balaban J connectivity index is 1.66. The Morgan fingerprint density at radius 2 is 1.68 bits per heavy atom. The van der Waals surface area contributed by atoms with Gasteiger partial charge in [0.15, 0.2) is 0 Å². The van der Waals surface area contributed by atoms with Gasteiger partial charge in [0, 0.05) is 5.56 Å². The summed E-state index contributed by atoms with van der Waals surface area (Å²) < 4.78 is 7.51. The third kappa shape index (κ3) is 5.30. The van der Waals surface area contributed by atoms with Gasteiger partial charge < -0.3 is 4.74 Å². The van der Waals surface area contributed by atoms with Crippen LogP contribution >= 0.6 is 31.9 Å². The van der Waals surface area contributed by atoms with Crippen LogP contribution in [0, 0.1) is 6.92 Å². The average Bonchev–Trinajstić information content (AvgIpc) is 2.68. The Kier molecular flexibility index (Phi) is 7.01. The maximum atomic E-state index is 12.2. The Bertz CT molecular complexity index is 981. The van der Waals surface area contributed by atoms with Crippen molar-refractivity contribution in [1.82, 2.24) is 5.43 Å². The van der Waals surface area contributed by atoms with Crippen molar-refractivity contribution in [2.75, 3.05) is 0 Å². The Morgan fingerprint density at radius 1 is 1.04 bits per heavy atom. The number of hydrogen-bond donors (Lipinski definition) is 1. The molecule has 1 amide bonds. The van der Waals surface area contributed by atoms with Gasteiger partial charge in [0.05, 0.1) is 15.2 Å². The maximum absolute atomic E-state index is 12.2. The summed E-state index contributed by atoms with van der Waals surface area (Å²) in [6.45, 7) is 2.36. The van der Waals surface area contributed by atoms with Gasteiger partial charge in [0.25, 0.3) is 5.91 Å². The molecule has 142 valence electrons. The fraction of sp³-hybridized carbons (Fsp3) is 0.0909. The molecule has 0 bridgehead atoms. The van der Waals surface area contributed by atoms with E-state index >= 15 is 0 Å². The van der Waals surface area contributed by atoms with Crippen LogP contribution in [0.25, 0.3) is 0 Å². The van der Waals surface area contributed by atoms with Crippen LogP contribution in [0.1, 0.15) is 27.0 Å².